The van der Waals surface area contributed by atoms with Crippen molar-refractivity contribution in [2.75, 3.05) is 39.4 Å². The van der Waals surface area contributed by atoms with Gasteiger partial charge in [0.15, 0.2) is 0 Å². The summed E-state index contributed by atoms with van der Waals surface area (Å²) in [6.07, 6.45) is 24.6. The monoisotopic (exact) mass is 477 g/mol. The van der Waals surface area contributed by atoms with Gasteiger partial charge in [-0.25, -0.2) is 0 Å². The van der Waals surface area contributed by atoms with Crippen molar-refractivity contribution in [3.05, 3.63) is 12.2 Å². The minimum atomic E-state index is 0. The zero-order valence-corrected chi connectivity index (χ0v) is 21.3. The average molecular weight is 479 g/mol. The number of rotatable bonds is 22. The number of hydrogen-bond donors (Lipinski definition) is 2. The quantitative estimate of drug-likeness (QED) is 0.143. The van der Waals surface area contributed by atoms with Crippen molar-refractivity contribution in [1.82, 2.24) is 0 Å². The first-order valence-corrected chi connectivity index (χ1v) is 12.5. The number of halogens is 1. The summed E-state index contributed by atoms with van der Waals surface area (Å²) in [4.78, 5) is 0. The topological polar surface area (TPSA) is 40.5 Å². The Morgan fingerprint density at radius 2 is 0.966 bits per heavy atom. The van der Waals surface area contributed by atoms with Gasteiger partial charge in [-0.05, 0) is 44.9 Å². The maximum atomic E-state index is 9.39. The third-order valence-electron chi connectivity index (χ3n) is 5.99. The highest BCUT2D eigenvalue weighted by Gasteiger charge is 2.24. The van der Waals surface area contributed by atoms with Crippen LogP contribution < -0.4 is 17.0 Å². The molecule has 0 aliphatic heterocycles. The third-order valence-corrected chi connectivity index (χ3v) is 5.99. The Kier molecular flexibility index (Phi) is 26.3. The van der Waals surface area contributed by atoms with Crippen molar-refractivity contribution in [3.8, 4) is 0 Å². The van der Waals surface area contributed by atoms with E-state index in [9.17, 15) is 10.2 Å². The average Bonchev–Trinajstić information content (AvgIpc) is 2.68. The Bertz CT molecular complexity index is 320. The highest BCUT2D eigenvalue weighted by molar-refractivity contribution is 4.81. The molecule has 29 heavy (non-hydrogen) atoms. The molecule has 0 unspecified atom stereocenters. The summed E-state index contributed by atoms with van der Waals surface area (Å²) in [6.45, 7) is 8.70. The molecule has 0 spiro atoms. The van der Waals surface area contributed by atoms with E-state index in [4.69, 9.17) is 0 Å². The van der Waals surface area contributed by atoms with Gasteiger partial charge in [-0.15, -0.1) is 0 Å². The normalized spacial score (nSPS) is 11.9. The summed E-state index contributed by atoms with van der Waals surface area (Å²) < 4.78 is 0.896. The molecule has 0 aromatic carbocycles. The predicted octanol–water partition coefficient (Wildman–Crippen LogP) is 3.24. The van der Waals surface area contributed by atoms with Crippen molar-refractivity contribution < 1.29 is 31.7 Å². The van der Waals surface area contributed by atoms with Gasteiger partial charge in [-0.1, -0.05) is 77.4 Å². The molecule has 0 aliphatic carbocycles. The predicted molar refractivity (Wildman–Crippen MR) is 124 cm³/mol. The Hall–Kier alpha value is 0.100. The Morgan fingerprint density at radius 1 is 0.517 bits per heavy atom. The highest BCUT2D eigenvalue weighted by Crippen LogP contribution is 2.14. The van der Waals surface area contributed by atoms with Gasteiger partial charge in [0.2, 0.25) is 0 Å². The van der Waals surface area contributed by atoms with Crippen LogP contribution in [0.15, 0.2) is 12.2 Å². The number of unbranched alkanes of at least 4 members (excludes halogenated alkanes) is 12. The molecular formula is C25H52BrNO2. The van der Waals surface area contributed by atoms with E-state index in [2.05, 4.69) is 26.0 Å². The van der Waals surface area contributed by atoms with Crippen LogP contribution in [0.3, 0.4) is 0 Å². The van der Waals surface area contributed by atoms with E-state index in [0.717, 1.165) is 37.1 Å². The molecule has 2 N–H and O–H groups in total. The first-order valence-electron chi connectivity index (χ1n) is 12.5. The van der Waals surface area contributed by atoms with Gasteiger partial charge in [-0.3, -0.25) is 0 Å². The Morgan fingerprint density at radius 3 is 1.41 bits per heavy atom. The molecule has 0 fully saturated rings. The lowest BCUT2D eigenvalue weighted by Crippen LogP contribution is -3.00. The number of hydrogen-bond acceptors (Lipinski definition) is 2. The number of quaternary nitrogens is 1. The number of aliphatic hydroxyl groups excluding tert-OH is 2. The van der Waals surface area contributed by atoms with Gasteiger partial charge < -0.3 is 31.7 Å². The van der Waals surface area contributed by atoms with Crippen LogP contribution in [0.1, 0.15) is 110 Å². The van der Waals surface area contributed by atoms with Crippen LogP contribution in [0.2, 0.25) is 0 Å². The first-order chi connectivity index (χ1) is 13.7. The van der Waals surface area contributed by atoms with E-state index in [1.165, 1.54) is 89.9 Å². The van der Waals surface area contributed by atoms with E-state index in [1.54, 1.807) is 0 Å². The molecule has 4 heteroatoms. The smallest absolute Gasteiger partial charge is 0.102 e. The molecule has 176 valence electrons. The van der Waals surface area contributed by atoms with Crippen LogP contribution >= 0.6 is 0 Å². The highest BCUT2D eigenvalue weighted by atomic mass is 79.9. The van der Waals surface area contributed by atoms with Crippen LogP contribution in [-0.4, -0.2) is 54.1 Å². The van der Waals surface area contributed by atoms with Crippen LogP contribution in [0.4, 0.5) is 0 Å². The number of allylic oxidation sites excluding steroid dienone is 2. The maximum absolute atomic E-state index is 9.39. The van der Waals surface area contributed by atoms with E-state index < -0.39 is 0 Å². The molecule has 0 aromatic rings. The van der Waals surface area contributed by atoms with Crippen molar-refractivity contribution in [1.29, 1.82) is 0 Å². The SMILES string of the molecule is CCCCCCCC/C=C\CCCCCCCC[N+](CCC)(CCO)CCO.[Br-]. The van der Waals surface area contributed by atoms with Gasteiger partial charge in [0.05, 0.1) is 26.3 Å². The second-order valence-electron chi connectivity index (χ2n) is 8.62. The van der Waals surface area contributed by atoms with E-state index in [0.29, 0.717) is 0 Å². The van der Waals surface area contributed by atoms with Gasteiger partial charge in [0.1, 0.15) is 13.1 Å². The Labute approximate surface area is 193 Å². The number of aliphatic hydroxyl groups is 2. The molecule has 0 aliphatic rings. The van der Waals surface area contributed by atoms with Crippen LogP contribution in [0, 0.1) is 0 Å². The standard InChI is InChI=1S/C25H52NO2.BrH/c1-3-5-6-7-8-9-10-11-12-13-14-15-16-17-18-19-21-26(20-4-2,22-24-27)23-25-28;/h11-12,27-28H,3-10,13-25H2,1-2H3;1H/q+1;/p-1/b12-11-;. The molecule has 0 bridgehead atoms. The fraction of sp³-hybridized carbons (Fsp3) is 0.920. The second kappa shape index (κ2) is 24.4. The fourth-order valence-corrected chi connectivity index (χ4v) is 4.26. The molecule has 0 atom stereocenters. The zero-order valence-electron chi connectivity index (χ0n) is 19.7. The minimum absolute atomic E-state index is 0. The lowest BCUT2D eigenvalue weighted by molar-refractivity contribution is -0.929. The van der Waals surface area contributed by atoms with Crippen molar-refractivity contribution in [2.45, 2.75) is 110 Å². The van der Waals surface area contributed by atoms with Gasteiger partial charge >= 0.3 is 0 Å². The van der Waals surface area contributed by atoms with Crippen LogP contribution in [0.5, 0.6) is 0 Å². The van der Waals surface area contributed by atoms with E-state index >= 15 is 0 Å². The Balaban J connectivity index is 0. The molecule has 0 radical (unpaired) electrons. The van der Waals surface area contributed by atoms with Crippen molar-refractivity contribution in [2.24, 2.45) is 0 Å². The summed E-state index contributed by atoms with van der Waals surface area (Å²) in [5.41, 5.74) is 0. The lowest BCUT2D eigenvalue weighted by Gasteiger charge is -2.38. The largest absolute Gasteiger partial charge is 1.00 e. The van der Waals surface area contributed by atoms with Crippen LogP contribution in [-0.2, 0) is 0 Å². The molecule has 0 heterocycles. The molecule has 0 rings (SSSR count). The summed E-state index contributed by atoms with van der Waals surface area (Å²) in [5.74, 6) is 0. The molecular weight excluding hydrogens is 426 g/mol. The summed E-state index contributed by atoms with van der Waals surface area (Å²) >= 11 is 0. The summed E-state index contributed by atoms with van der Waals surface area (Å²) in [5, 5.41) is 18.8. The zero-order chi connectivity index (χ0) is 20.8. The number of nitrogens with zero attached hydrogens (tertiary/aromatic N) is 1. The molecule has 0 saturated heterocycles. The molecule has 3 nitrogen and oxygen atoms in total. The summed E-state index contributed by atoms with van der Waals surface area (Å²) in [6, 6.07) is 0. The van der Waals surface area contributed by atoms with Crippen molar-refractivity contribution in [3.63, 3.8) is 0 Å². The van der Waals surface area contributed by atoms with Crippen LogP contribution in [0.25, 0.3) is 0 Å². The molecule has 0 amide bonds. The van der Waals surface area contributed by atoms with E-state index in [-0.39, 0.29) is 30.2 Å². The molecule has 0 saturated carbocycles. The van der Waals surface area contributed by atoms with Gasteiger partial charge in [0, 0.05) is 0 Å². The molecule has 0 aromatic heterocycles. The van der Waals surface area contributed by atoms with Gasteiger partial charge in [0.25, 0.3) is 0 Å². The minimum Gasteiger partial charge on any atom is -1.00 e. The van der Waals surface area contributed by atoms with E-state index in [1.807, 2.05) is 0 Å². The van der Waals surface area contributed by atoms with Crippen molar-refractivity contribution >= 4 is 0 Å². The second-order valence-corrected chi connectivity index (χ2v) is 8.62. The maximum Gasteiger partial charge on any atom is 0.102 e. The lowest BCUT2D eigenvalue weighted by atomic mass is 10.1. The third kappa shape index (κ3) is 19.8. The fourth-order valence-electron chi connectivity index (χ4n) is 4.26. The summed E-state index contributed by atoms with van der Waals surface area (Å²) in [7, 11) is 0. The van der Waals surface area contributed by atoms with Gasteiger partial charge in [-0.2, -0.15) is 0 Å². The first kappa shape index (κ1) is 31.3.